The Morgan fingerprint density at radius 2 is 2.33 bits per heavy atom. The second-order valence-electron chi connectivity index (χ2n) is 3.64. The van der Waals surface area contributed by atoms with Gasteiger partial charge in [0.1, 0.15) is 0 Å². The molecule has 1 heterocycles. The molecule has 0 saturated heterocycles. The van der Waals surface area contributed by atoms with Crippen molar-refractivity contribution in [1.82, 2.24) is 0 Å². The number of benzene rings is 1. The van der Waals surface area contributed by atoms with Crippen molar-refractivity contribution in [2.24, 2.45) is 0 Å². The second kappa shape index (κ2) is 4.14. The van der Waals surface area contributed by atoms with Crippen LogP contribution in [0.5, 0.6) is 0 Å². The highest BCUT2D eigenvalue weighted by atomic mass is 32.2. The number of rotatable bonds is 2. The smallest absolute Gasteiger partial charge is 0.237 e. The first kappa shape index (κ1) is 10.4. The molecule has 0 bridgehead atoms. The van der Waals surface area contributed by atoms with E-state index in [0.717, 1.165) is 29.1 Å². The van der Waals surface area contributed by atoms with Crippen molar-refractivity contribution in [3.05, 3.63) is 18.2 Å². The fourth-order valence-corrected chi connectivity index (χ4v) is 2.89. The van der Waals surface area contributed by atoms with E-state index in [1.165, 1.54) is 0 Å². The molecule has 3 nitrogen and oxygen atoms in total. The molecule has 0 aliphatic carbocycles. The van der Waals surface area contributed by atoms with E-state index < -0.39 is 0 Å². The lowest BCUT2D eigenvalue weighted by Crippen LogP contribution is -2.28. The third-order valence-electron chi connectivity index (χ3n) is 2.38. The number of anilines is 2. The zero-order valence-electron chi connectivity index (χ0n) is 8.62. The summed E-state index contributed by atoms with van der Waals surface area (Å²) in [6.07, 6.45) is 1.92. The van der Waals surface area contributed by atoms with Crippen molar-refractivity contribution in [2.75, 3.05) is 11.1 Å². The van der Waals surface area contributed by atoms with Gasteiger partial charge in [-0.05, 0) is 24.6 Å². The third-order valence-corrected chi connectivity index (χ3v) is 3.70. The van der Waals surface area contributed by atoms with E-state index in [0.29, 0.717) is 0 Å². The van der Waals surface area contributed by atoms with E-state index in [4.69, 9.17) is 5.73 Å². The quantitative estimate of drug-likeness (QED) is 0.756. The Morgan fingerprint density at radius 1 is 1.53 bits per heavy atom. The third kappa shape index (κ3) is 2.09. The van der Waals surface area contributed by atoms with Gasteiger partial charge in [-0.25, -0.2) is 0 Å². The normalized spacial score (nSPS) is 19.5. The van der Waals surface area contributed by atoms with E-state index in [1.807, 2.05) is 12.1 Å². The number of hydrogen-bond donors (Lipinski definition) is 2. The number of nitrogens with one attached hydrogen (secondary N) is 1. The van der Waals surface area contributed by atoms with E-state index in [2.05, 4.69) is 12.2 Å². The van der Waals surface area contributed by atoms with Crippen molar-refractivity contribution >= 4 is 29.0 Å². The molecule has 1 aliphatic rings. The highest BCUT2D eigenvalue weighted by molar-refractivity contribution is 8.01. The van der Waals surface area contributed by atoms with Crippen molar-refractivity contribution in [3.63, 3.8) is 0 Å². The summed E-state index contributed by atoms with van der Waals surface area (Å²) in [4.78, 5) is 12.7. The number of thioether (sulfide) groups is 1. The van der Waals surface area contributed by atoms with Crippen LogP contribution < -0.4 is 11.1 Å². The summed E-state index contributed by atoms with van der Waals surface area (Å²) in [5, 5.41) is 2.94. The van der Waals surface area contributed by atoms with Crippen molar-refractivity contribution < 1.29 is 4.79 Å². The molecule has 1 aromatic rings. The van der Waals surface area contributed by atoms with Gasteiger partial charge in [0.05, 0.1) is 10.9 Å². The highest BCUT2D eigenvalue weighted by Crippen LogP contribution is 2.38. The molecule has 0 radical (unpaired) electrons. The standard InChI is InChI=1S/C11H14N2OS/c1-2-3-9-11(14)13-8-5-4-7(12)6-10(8)15-9/h4-6,9H,2-3,12H2,1H3,(H,13,14). The number of amides is 1. The fourth-order valence-electron chi connectivity index (χ4n) is 1.61. The average Bonchev–Trinajstić information content (AvgIpc) is 2.20. The minimum Gasteiger partial charge on any atom is -0.399 e. The molecule has 2 rings (SSSR count). The first-order chi connectivity index (χ1) is 7.20. The van der Waals surface area contributed by atoms with Crippen LogP contribution in [0, 0.1) is 0 Å². The van der Waals surface area contributed by atoms with Crippen LogP contribution in [-0.2, 0) is 4.79 Å². The number of fused-ring (bicyclic) bond motifs is 1. The molecule has 0 aromatic heterocycles. The molecule has 0 saturated carbocycles. The van der Waals surface area contributed by atoms with Crippen LogP contribution in [0.2, 0.25) is 0 Å². The van der Waals surface area contributed by atoms with Crippen molar-refractivity contribution in [3.8, 4) is 0 Å². The summed E-state index contributed by atoms with van der Waals surface area (Å²) in [7, 11) is 0. The van der Waals surface area contributed by atoms with Gasteiger partial charge >= 0.3 is 0 Å². The summed E-state index contributed by atoms with van der Waals surface area (Å²) < 4.78 is 0. The Hall–Kier alpha value is -1.16. The van der Waals surface area contributed by atoms with Gasteiger partial charge in [-0.3, -0.25) is 4.79 Å². The Bertz CT molecular complexity index is 392. The number of nitrogen functional groups attached to an aromatic ring is 1. The zero-order chi connectivity index (χ0) is 10.8. The van der Waals surface area contributed by atoms with Crippen LogP contribution >= 0.6 is 11.8 Å². The second-order valence-corrected chi connectivity index (χ2v) is 4.88. The average molecular weight is 222 g/mol. The first-order valence-electron chi connectivity index (χ1n) is 5.07. The maximum Gasteiger partial charge on any atom is 0.237 e. The van der Waals surface area contributed by atoms with Crippen LogP contribution in [0.3, 0.4) is 0 Å². The van der Waals surface area contributed by atoms with Gasteiger partial charge in [0, 0.05) is 10.6 Å². The van der Waals surface area contributed by atoms with Gasteiger partial charge in [0.15, 0.2) is 0 Å². The molecule has 1 amide bonds. The van der Waals surface area contributed by atoms with Crippen LogP contribution in [0.4, 0.5) is 11.4 Å². The van der Waals surface area contributed by atoms with Gasteiger partial charge in [-0.2, -0.15) is 0 Å². The van der Waals surface area contributed by atoms with Crippen LogP contribution in [0.25, 0.3) is 0 Å². The molecule has 1 unspecified atom stereocenters. The predicted molar refractivity (Wildman–Crippen MR) is 64.0 cm³/mol. The summed E-state index contributed by atoms with van der Waals surface area (Å²) in [5.74, 6) is 0.110. The topological polar surface area (TPSA) is 55.1 Å². The molecule has 80 valence electrons. The molecule has 1 atom stereocenters. The lowest BCUT2D eigenvalue weighted by atomic mass is 10.2. The maximum absolute atomic E-state index is 11.7. The highest BCUT2D eigenvalue weighted by Gasteiger charge is 2.25. The number of carbonyl (C=O) groups is 1. The predicted octanol–water partition coefficient (Wildman–Crippen LogP) is 2.48. The first-order valence-corrected chi connectivity index (χ1v) is 5.95. The SMILES string of the molecule is CCCC1Sc2cc(N)ccc2NC1=O. The van der Waals surface area contributed by atoms with E-state index in [9.17, 15) is 4.79 Å². The minimum absolute atomic E-state index is 0.0318. The van der Waals surface area contributed by atoms with Gasteiger partial charge < -0.3 is 11.1 Å². The Morgan fingerprint density at radius 3 is 3.07 bits per heavy atom. The molecular formula is C11H14N2OS. The van der Waals surface area contributed by atoms with Gasteiger partial charge in [0.2, 0.25) is 5.91 Å². The molecule has 15 heavy (non-hydrogen) atoms. The summed E-state index contributed by atoms with van der Waals surface area (Å²) >= 11 is 1.61. The Balaban J connectivity index is 2.26. The number of nitrogens with two attached hydrogens (primary N) is 1. The van der Waals surface area contributed by atoms with E-state index in [1.54, 1.807) is 17.8 Å². The monoisotopic (exact) mass is 222 g/mol. The van der Waals surface area contributed by atoms with Gasteiger partial charge in [0.25, 0.3) is 0 Å². The van der Waals surface area contributed by atoms with Gasteiger partial charge in [-0.15, -0.1) is 11.8 Å². The van der Waals surface area contributed by atoms with Crippen LogP contribution in [0.15, 0.2) is 23.1 Å². The molecule has 0 fully saturated rings. The summed E-state index contributed by atoms with van der Waals surface area (Å²) in [6, 6.07) is 5.58. The molecule has 1 aliphatic heterocycles. The number of hydrogen-bond acceptors (Lipinski definition) is 3. The summed E-state index contributed by atoms with van der Waals surface area (Å²) in [5.41, 5.74) is 7.33. The molecule has 3 N–H and O–H groups in total. The fraction of sp³-hybridized carbons (Fsp3) is 0.364. The minimum atomic E-state index is 0.0318. The molecular weight excluding hydrogens is 208 g/mol. The van der Waals surface area contributed by atoms with Crippen LogP contribution in [0.1, 0.15) is 19.8 Å². The molecule has 0 spiro atoms. The summed E-state index contributed by atoms with van der Waals surface area (Å²) in [6.45, 7) is 2.09. The maximum atomic E-state index is 11.7. The molecule has 4 heteroatoms. The lowest BCUT2D eigenvalue weighted by Gasteiger charge is -2.23. The lowest BCUT2D eigenvalue weighted by molar-refractivity contribution is -0.115. The van der Waals surface area contributed by atoms with Crippen molar-refractivity contribution in [2.45, 2.75) is 29.9 Å². The van der Waals surface area contributed by atoms with E-state index >= 15 is 0 Å². The van der Waals surface area contributed by atoms with Gasteiger partial charge in [-0.1, -0.05) is 13.3 Å². The molecule has 1 aromatic carbocycles. The van der Waals surface area contributed by atoms with Crippen LogP contribution in [-0.4, -0.2) is 11.2 Å². The van der Waals surface area contributed by atoms with Crippen molar-refractivity contribution in [1.29, 1.82) is 0 Å². The Kier molecular flexibility index (Phi) is 2.86. The largest absolute Gasteiger partial charge is 0.399 e. The zero-order valence-corrected chi connectivity index (χ0v) is 9.43. The number of carbonyl (C=O) groups excluding carboxylic acids is 1. The Labute approximate surface area is 93.4 Å². The van der Waals surface area contributed by atoms with E-state index in [-0.39, 0.29) is 11.2 Å².